The Morgan fingerprint density at radius 2 is 2.33 bits per heavy atom. The topological polar surface area (TPSA) is 32.8 Å². The van der Waals surface area contributed by atoms with Crippen LogP contribution in [0.25, 0.3) is 10.2 Å². The zero-order chi connectivity index (χ0) is 8.55. The van der Waals surface area contributed by atoms with Crippen LogP contribution in [0.4, 0.5) is 0 Å². The van der Waals surface area contributed by atoms with Gasteiger partial charge in [-0.1, -0.05) is 30.4 Å². The minimum atomic E-state index is -0.0918. The van der Waals surface area contributed by atoms with E-state index in [1.807, 2.05) is 18.2 Å². The van der Waals surface area contributed by atoms with Crippen LogP contribution in [0.3, 0.4) is 0 Å². The van der Waals surface area contributed by atoms with Gasteiger partial charge in [0.15, 0.2) is 0 Å². The van der Waals surface area contributed by atoms with E-state index in [2.05, 4.69) is 11.9 Å². The number of aromatic nitrogens is 1. The second-order valence-corrected chi connectivity index (χ2v) is 3.59. The van der Waals surface area contributed by atoms with Gasteiger partial charge < -0.3 is 0 Å². The molecule has 1 heterocycles. The summed E-state index contributed by atoms with van der Waals surface area (Å²) in [6, 6.07) is 5.92. The van der Waals surface area contributed by atoms with Crippen molar-refractivity contribution in [2.45, 2.75) is 13.3 Å². The normalized spacial score (nSPS) is 10.8. The Hall–Kier alpha value is -1.09. The molecule has 0 saturated carbocycles. The second-order valence-electron chi connectivity index (χ2n) is 2.60. The highest BCUT2D eigenvalue weighted by molar-refractivity contribution is 7.20. The van der Waals surface area contributed by atoms with E-state index in [9.17, 15) is 5.11 Å². The molecule has 0 fully saturated rings. The predicted octanol–water partition coefficient (Wildman–Crippen LogP) is 3.00. The van der Waals surface area contributed by atoms with E-state index < -0.39 is 0 Å². The molecule has 1 radical (unpaired) electrons. The van der Waals surface area contributed by atoms with Gasteiger partial charge in [0.05, 0.1) is 10.2 Å². The van der Waals surface area contributed by atoms with E-state index in [0.717, 1.165) is 22.2 Å². The SMILES string of the molecule is CCc1cccc2sc([O])nc12. The van der Waals surface area contributed by atoms with E-state index in [1.165, 1.54) is 11.3 Å². The molecule has 0 atom stereocenters. The van der Waals surface area contributed by atoms with Crippen LogP contribution in [-0.4, -0.2) is 4.98 Å². The number of fused-ring (bicyclic) bond motifs is 1. The molecule has 0 saturated heterocycles. The quantitative estimate of drug-likeness (QED) is 0.660. The Labute approximate surface area is 74.5 Å². The van der Waals surface area contributed by atoms with E-state index in [0.29, 0.717) is 0 Å². The van der Waals surface area contributed by atoms with Gasteiger partial charge in [0.2, 0.25) is 0 Å². The first kappa shape index (κ1) is 7.55. The monoisotopic (exact) mass is 178 g/mol. The van der Waals surface area contributed by atoms with Crippen molar-refractivity contribution in [3.8, 4) is 5.19 Å². The highest BCUT2D eigenvalue weighted by Gasteiger charge is 2.05. The number of rotatable bonds is 1. The van der Waals surface area contributed by atoms with Gasteiger partial charge in [-0.2, -0.15) is 4.98 Å². The molecule has 0 unspecified atom stereocenters. The number of hydrogen-bond acceptors (Lipinski definition) is 2. The van der Waals surface area contributed by atoms with Gasteiger partial charge in [-0.25, -0.2) is 0 Å². The number of hydrogen-bond donors (Lipinski definition) is 0. The molecule has 0 spiro atoms. The van der Waals surface area contributed by atoms with Crippen molar-refractivity contribution in [1.29, 1.82) is 0 Å². The molecule has 0 bridgehead atoms. The van der Waals surface area contributed by atoms with Gasteiger partial charge in [-0.3, -0.25) is 5.11 Å². The first-order valence-corrected chi connectivity index (χ1v) is 4.68. The van der Waals surface area contributed by atoms with Crippen molar-refractivity contribution >= 4 is 21.6 Å². The molecule has 0 aliphatic carbocycles. The van der Waals surface area contributed by atoms with Crippen molar-refractivity contribution < 1.29 is 5.11 Å². The maximum atomic E-state index is 11.0. The van der Waals surface area contributed by atoms with Crippen molar-refractivity contribution in [3.05, 3.63) is 23.8 Å². The molecular weight excluding hydrogens is 170 g/mol. The number of para-hydroxylation sites is 1. The number of aryl methyl sites for hydroxylation is 1. The third-order valence-electron chi connectivity index (χ3n) is 1.86. The lowest BCUT2D eigenvalue weighted by Gasteiger charge is -1.94. The number of thiazole rings is 1. The van der Waals surface area contributed by atoms with E-state index in [1.54, 1.807) is 0 Å². The standard InChI is InChI=1S/C9H8NOS/c1-2-6-4-3-5-7-8(6)10-9(11)12-7/h3-5H,2H2,1H3. The third kappa shape index (κ3) is 1.06. The lowest BCUT2D eigenvalue weighted by molar-refractivity contribution is 0.353. The van der Waals surface area contributed by atoms with Crippen LogP contribution in [0.1, 0.15) is 12.5 Å². The molecule has 0 aliphatic rings. The minimum Gasteiger partial charge on any atom is -0.255 e. The Morgan fingerprint density at radius 1 is 1.50 bits per heavy atom. The second kappa shape index (κ2) is 2.75. The molecule has 0 amide bonds. The molecule has 1 aromatic carbocycles. The fourth-order valence-corrected chi connectivity index (χ4v) is 2.02. The van der Waals surface area contributed by atoms with E-state index in [4.69, 9.17) is 0 Å². The van der Waals surface area contributed by atoms with Crippen molar-refractivity contribution in [1.82, 2.24) is 4.98 Å². The molecule has 3 heteroatoms. The maximum absolute atomic E-state index is 11.0. The van der Waals surface area contributed by atoms with Gasteiger partial charge in [0.1, 0.15) is 0 Å². The summed E-state index contributed by atoms with van der Waals surface area (Å²) >= 11 is 1.21. The summed E-state index contributed by atoms with van der Waals surface area (Å²) in [6.45, 7) is 2.07. The molecule has 2 aromatic rings. The molecular formula is C9H8NOS. The summed E-state index contributed by atoms with van der Waals surface area (Å²) in [5.74, 6) is 0. The van der Waals surface area contributed by atoms with Gasteiger partial charge in [0.25, 0.3) is 0 Å². The first-order chi connectivity index (χ1) is 5.81. The smallest absolute Gasteiger partial charge is 0.255 e. The Kier molecular flexibility index (Phi) is 1.73. The van der Waals surface area contributed by atoms with Crippen LogP contribution in [0.5, 0.6) is 5.19 Å². The van der Waals surface area contributed by atoms with E-state index >= 15 is 0 Å². The summed E-state index contributed by atoms with van der Waals surface area (Å²) < 4.78 is 0.999. The summed E-state index contributed by atoms with van der Waals surface area (Å²) in [5, 5.41) is 10.9. The molecule has 1 aromatic heterocycles. The fourth-order valence-electron chi connectivity index (χ4n) is 1.27. The van der Waals surface area contributed by atoms with Crippen molar-refractivity contribution in [2.75, 3.05) is 0 Å². The average Bonchev–Trinajstić information content (AvgIpc) is 2.44. The minimum absolute atomic E-state index is 0.0918. The lowest BCUT2D eigenvalue weighted by Crippen LogP contribution is -1.80. The highest BCUT2D eigenvalue weighted by atomic mass is 32.1. The molecule has 0 aliphatic heterocycles. The van der Waals surface area contributed by atoms with Gasteiger partial charge in [-0.15, -0.1) is 0 Å². The van der Waals surface area contributed by atoms with Crippen LogP contribution >= 0.6 is 11.3 Å². The Bertz CT molecular complexity index is 408. The molecule has 2 rings (SSSR count). The fraction of sp³-hybridized carbons (Fsp3) is 0.222. The van der Waals surface area contributed by atoms with Crippen LogP contribution in [0.2, 0.25) is 0 Å². The third-order valence-corrected chi connectivity index (χ3v) is 2.68. The van der Waals surface area contributed by atoms with Crippen LogP contribution < -0.4 is 0 Å². The molecule has 0 N–H and O–H groups in total. The Balaban J connectivity index is 2.78. The van der Waals surface area contributed by atoms with E-state index in [-0.39, 0.29) is 5.19 Å². The predicted molar refractivity (Wildman–Crippen MR) is 49.1 cm³/mol. The molecule has 61 valence electrons. The summed E-state index contributed by atoms with van der Waals surface area (Å²) in [7, 11) is 0. The zero-order valence-electron chi connectivity index (χ0n) is 6.70. The molecule has 2 nitrogen and oxygen atoms in total. The average molecular weight is 178 g/mol. The highest BCUT2D eigenvalue weighted by Crippen LogP contribution is 2.29. The number of benzene rings is 1. The lowest BCUT2D eigenvalue weighted by atomic mass is 10.1. The van der Waals surface area contributed by atoms with Crippen molar-refractivity contribution in [3.63, 3.8) is 0 Å². The summed E-state index contributed by atoms with van der Waals surface area (Å²) in [5.41, 5.74) is 2.04. The largest absolute Gasteiger partial charge is 0.327 e. The Morgan fingerprint density at radius 3 is 3.08 bits per heavy atom. The summed E-state index contributed by atoms with van der Waals surface area (Å²) in [4.78, 5) is 3.95. The summed E-state index contributed by atoms with van der Waals surface area (Å²) in [6.07, 6.45) is 0.931. The van der Waals surface area contributed by atoms with Gasteiger partial charge in [0, 0.05) is 0 Å². The van der Waals surface area contributed by atoms with Crippen molar-refractivity contribution in [2.24, 2.45) is 0 Å². The van der Waals surface area contributed by atoms with Crippen LogP contribution in [0.15, 0.2) is 18.2 Å². The van der Waals surface area contributed by atoms with Crippen LogP contribution in [-0.2, 0) is 11.5 Å². The van der Waals surface area contributed by atoms with Gasteiger partial charge in [-0.05, 0) is 18.1 Å². The number of nitrogens with zero attached hydrogens (tertiary/aromatic N) is 1. The maximum Gasteiger partial charge on any atom is 0.327 e. The molecule has 12 heavy (non-hydrogen) atoms. The zero-order valence-corrected chi connectivity index (χ0v) is 7.52. The van der Waals surface area contributed by atoms with Crippen LogP contribution in [0, 0.1) is 0 Å². The first-order valence-electron chi connectivity index (χ1n) is 3.86. The van der Waals surface area contributed by atoms with Gasteiger partial charge >= 0.3 is 5.19 Å².